The number of aromatic nitrogens is 2. The molecule has 0 saturated heterocycles. The quantitative estimate of drug-likeness (QED) is 0.631. The largest absolute Gasteiger partial charge is 0.759 e. The molecule has 2 rings (SSSR count). The standard InChI is InChI=1S/C10H9IN3O/c1-13(15)4-2-8-3-5-14-9(11)7-12-10(14)6-8/h2-7H,1H3/q-1/b4-2+. The average Bonchev–Trinajstić information content (AvgIpc) is 2.57. The van der Waals surface area contributed by atoms with Crippen molar-refractivity contribution in [3.63, 3.8) is 0 Å². The van der Waals surface area contributed by atoms with E-state index in [1.54, 1.807) is 6.08 Å². The van der Waals surface area contributed by atoms with Crippen molar-refractivity contribution in [2.45, 2.75) is 0 Å². The molecule has 0 saturated carbocycles. The maximum atomic E-state index is 10.7. The molecule has 0 spiro atoms. The third kappa shape index (κ3) is 2.29. The van der Waals surface area contributed by atoms with Gasteiger partial charge in [-0.05, 0) is 59.6 Å². The maximum Gasteiger partial charge on any atom is 0.138 e. The number of imidazole rings is 1. The summed E-state index contributed by atoms with van der Waals surface area (Å²) in [4.78, 5) is 4.24. The Morgan fingerprint density at radius 3 is 3.13 bits per heavy atom. The molecule has 4 nitrogen and oxygen atoms in total. The first-order valence-corrected chi connectivity index (χ1v) is 5.45. The molecule has 0 fully saturated rings. The third-order valence-electron chi connectivity index (χ3n) is 1.97. The number of pyridine rings is 1. The van der Waals surface area contributed by atoms with Crippen molar-refractivity contribution < 1.29 is 0 Å². The van der Waals surface area contributed by atoms with E-state index in [0.717, 1.165) is 20.0 Å². The molecule has 0 aliphatic carbocycles. The van der Waals surface area contributed by atoms with Gasteiger partial charge in [0.1, 0.15) is 9.35 Å². The minimum absolute atomic E-state index is 0.763. The van der Waals surface area contributed by atoms with E-state index >= 15 is 0 Å². The van der Waals surface area contributed by atoms with E-state index in [9.17, 15) is 5.21 Å². The first-order valence-electron chi connectivity index (χ1n) is 4.37. The molecular formula is C10H9IN3O-. The highest BCUT2D eigenvalue weighted by Gasteiger charge is 1.98. The van der Waals surface area contributed by atoms with Gasteiger partial charge in [0.25, 0.3) is 0 Å². The summed E-state index contributed by atoms with van der Waals surface area (Å²) in [6, 6.07) is 3.87. The van der Waals surface area contributed by atoms with Crippen molar-refractivity contribution in [1.29, 1.82) is 0 Å². The number of rotatable bonds is 2. The van der Waals surface area contributed by atoms with E-state index in [-0.39, 0.29) is 0 Å². The Morgan fingerprint density at radius 1 is 1.60 bits per heavy atom. The first kappa shape index (κ1) is 10.4. The van der Waals surface area contributed by atoms with Gasteiger partial charge in [-0.1, -0.05) is 0 Å². The van der Waals surface area contributed by atoms with Crippen LogP contribution in [0.3, 0.4) is 0 Å². The monoisotopic (exact) mass is 314 g/mol. The van der Waals surface area contributed by atoms with Gasteiger partial charge in [0, 0.05) is 6.20 Å². The molecule has 15 heavy (non-hydrogen) atoms. The molecule has 0 atom stereocenters. The van der Waals surface area contributed by atoms with Crippen molar-refractivity contribution in [2.24, 2.45) is 0 Å². The summed E-state index contributed by atoms with van der Waals surface area (Å²) in [5.41, 5.74) is 1.85. The van der Waals surface area contributed by atoms with Crippen molar-refractivity contribution >= 4 is 34.3 Å². The molecule has 0 radical (unpaired) electrons. The number of hydrogen-bond acceptors (Lipinski definition) is 3. The fourth-order valence-electron chi connectivity index (χ4n) is 1.26. The van der Waals surface area contributed by atoms with Crippen LogP contribution >= 0.6 is 22.6 Å². The fraction of sp³-hybridized carbons (Fsp3) is 0.100. The minimum Gasteiger partial charge on any atom is -0.759 e. The van der Waals surface area contributed by atoms with E-state index in [2.05, 4.69) is 27.6 Å². The number of hydrogen-bond donors (Lipinski definition) is 0. The van der Waals surface area contributed by atoms with Crippen LogP contribution in [0.1, 0.15) is 5.56 Å². The molecule has 2 aromatic heterocycles. The second-order valence-electron chi connectivity index (χ2n) is 3.13. The van der Waals surface area contributed by atoms with Crippen LogP contribution in [0.4, 0.5) is 0 Å². The van der Waals surface area contributed by atoms with Crippen LogP contribution in [0.15, 0.2) is 30.7 Å². The summed E-state index contributed by atoms with van der Waals surface area (Å²) < 4.78 is 3.05. The molecule has 2 heterocycles. The normalized spacial score (nSPS) is 11.4. The first-order chi connectivity index (χ1) is 7.16. The molecule has 0 bridgehead atoms. The Balaban J connectivity index is 2.39. The van der Waals surface area contributed by atoms with Gasteiger partial charge in [0.05, 0.1) is 6.20 Å². The van der Waals surface area contributed by atoms with E-state index in [4.69, 9.17) is 0 Å². The second kappa shape index (κ2) is 4.19. The summed E-state index contributed by atoms with van der Waals surface area (Å²) in [6.45, 7) is 0. The van der Waals surface area contributed by atoms with Gasteiger partial charge in [0.15, 0.2) is 0 Å². The SMILES string of the molecule is CN([O-])/C=C/c1ccn2c(I)cnc2c1. The lowest BCUT2D eigenvalue weighted by molar-refractivity contribution is 0.635. The van der Waals surface area contributed by atoms with E-state index < -0.39 is 0 Å². The molecule has 0 unspecified atom stereocenters. The van der Waals surface area contributed by atoms with Crippen LogP contribution in [-0.4, -0.2) is 21.5 Å². The molecular weight excluding hydrogens is 305 g/mol. The maximum absolute atomic E-state index is 10.7. The van der Waals surface area contributed by atoms with Crippen molar-refractivity contribution in [2.75, 3.05) is 7.05 Å². The van der Waals surface area contributed by atoms with Crippen LogP contribution in [0.2, 0.25) is 0 Å². The highest BCUT2D eigenvalue weighted by molar-refractivity contribution is 14.1. The Hall–Kier alpha value is -1.08. The number of hydroxylamine groups is 2. The van der Waals surface area contributed by atoms with E-state index in [0.29, 0.717) is 0 Å². The highest BCUT2D eigenvalue weighted by atomic mass is 127. The zero-order valence-electron chi connectivity index (χ0n) is 8.09. The summed E-state index contributed by atoms with van der Waals surface area (Å²) in [5, 5.41) is 11.5. The lowest BCUT2D eigenvalue weighted by Gasteiger charge is -2.18. The van der Waals surface area contributed by atoms with Crippen molar-refractivity contribution in [1.82, 2.24) is 14.4 Å². The second-order valence-corrected chi connectivity index (χ2v) is 4.24. The molecule has 5 heteroatoms. The van der Waals surface area contributed by atoms with Crippen LogP contribution in [0, 0.1) is 8.91 Å². The molecule has 0 aliphatic rings. The molecule has 0 N–H and O–H groups in total. The molecule has 0 amide bonds. The smallest absolute Gasteiger partial charge is 0.138 e. The van der Waals surface area contributed by atoms with Crippen LogP contribution in [-0.2, 0) is 0 Å². The Bertz CT molecular complexity index is 504. The Morgan fingerprint density at radius 2 is 2.40 bits per heavy atom. The van der Waals surface area contributed by atoms with Gasteiger partial charge in [0.2, 0.25) is 0 Å². The highest BCUT2D eigenvalue weighted by Crippen LogP contribution is 2.12. The third-order valence-corrected chi connectivity index (χ3v) is 2.77. The Labute approximate surface area is 101 Å². The molecule has 0 aromatic carbocycles. The van der Waals surface area contributed by atoms with Crippen LogP contribution in [0.25, 0.3) is 11.7 Å². The van der Waals surface area contributed by atoms with Crippen LogP contribution in [0.5, 0.6) is 0 Å². The number of halogens is 1. The zero-order valence-corrected chi connectivity index (χ0v) is 10.2. The number of nitrogens with zero attached hydrogens (tertiary/aromatic N) is 3. The summed E-state index contributed by atoms with van der Waals surface area (Å²) >= 11 is 2.22. The molecule has 0 aliphatic heterocycles. The summed E-state index contributed by atoms with van der Waals surface area (Å²) in [7, 11) is 1.45. The summed E-state index contributed by atoms with van der Waals surface area (Å²) in [6.07, 6.45) is 6.98. The van der Waals surface area contributed by atoms with Crippen molar-refractivity contribution in [3.05, 3.63) is 45.2 Å². The van der Waals surface area contributed by atoms with Crippen molar-refractivity contribution in [3.8, 4) is 0 Å². The predicted molar refractivity (Wildman–Crippen MR) is 68.1 cm³/mol. The topological polar surface area (TPSA) is 43.6 Å². The summed E-state index contributed by atoms with van der Waals surface area (Å²) in [5.74, 6) is 0. The molecule has 78 valence electrons. The van der Waals surface area contributed by atoms with Gasteiger partial charge in [-0.25, -0.2) is 4.98 Å². The van der Waals surface area contributed by atoms with Crippen LogP contribution < -0.4 is 0 Å². The zero-order chi connectivity index (χ0) is 10.8. The fourth-order valence-corrected chi connectivity index (χ4v) is 1.81. The average molecular weight is 314 g/mol. The van der Waals surface area contributed by atoms with E-state index in [1.807, 2.05) is 28.9 Å². The van der Waals surface area contributed by atoms with Gasteiger partial charge < -0.3 is 10.3 Å². The molecule has 2 aromatic rings. The van der Waals surface area contributed by atoms with Gasteiger partial charge >= 0.3 is 0 Å². The lowest BCUT2D eigenvalue weighted by Crippen LogP contribution is -1.96. The predicted octanol–water partition coefficient (Wildman–Crippen LogP) is 2.34. The number of fused-ring (bicyclic) bond motifs is 1. The van der Waals surface area contributed by atoms with Gasteiger partial charge in [-0.2, -0.15) is 0 Å². The lowest BCUT2D eigenvalue weighted by atomic mass is 10.2. The Kier molecular flexibility index (Phi) is 2.92. The van der Waals surface area contributed by atoms with Gasteiger partial charge in [-0.15, -0.1) is 0 Å². The minimum atomic E-state index is 0.763. The van der Waals surface area contributed by atoms with E-state index in [1.165, 1.54) is 13.2 Å². The van der Waals surface area contributed by atoms with Gasteiger partial charge in [-0.3, -0.25) is 4.40 Å².